The molecular formula is C50H62O4. The molecule has 4 aromatic rings. The van der Waals surface area contributed by atoms with Crippen LogP contribution in [0, 0.1) is 52.3 Å². The van der Waals surface area contributed by atoms with Crippen molar-refractivity contribution in [2.75, 3.05) is 7.11 Å². The number of carbonyl (C=O) groups is 2. The van der Waals surface area contributed by atoms with Crippen LogP contribution >= 0.6 is 0 Å². The molecule has 0 unspecified atom stereocenters. The Kier molecular flexibility index (Phi) is 10.2. The van der Waals surface area contributed by atoms with Gasteiger partial charge in [-0.15, -0.1) is 0 Å². The predicted octanol–water partition coefficient (Wildman–Crippen LogP) is 13.1. The Hall–Kier alpha value is -3.66. The first kappa shape index (κ1) is 37.3. The fourth-order valence-corrected chi connectivity index (χ4v) is 12.9. The molecule has 8 rings (SSSR count). The molecule has 4 aliphatic carbocycles. The zero-order chi connectivity index (χ0) is 37.8. The number of ether oxygens (including phenoxy) is 2. The maximum atomic E-state index is 14.4. The topological polar surface area (TPSA) is 52.6 Å². The Balaban J connectivity index is 1.02. The molecule has 0 amide bonds. The molecule has 4 nitrogen and oxygen atoms in total. The van der Waals surface area contributed by atoms with Crippen LogP contribution in [0.4, 0.5) is 0 Å². The van der Waals surface area contributed by atoms with E-state index in [0.717, 1.165) is 76.3 Å². The van der Waals surface area contributed by atoms with Crippen molar-refractivity contribution >= 4 is 33.5 Å². The standard InChI is InChI=1S/C50H62O4/c1-31(2)12-11-13-32(3)44-20-21-45-39-19-18-37-30-38(22-24-49(37,4)46(39)23-25-50(44,45)5)54-48(52)43-29-36-17-10-8-15-34(36)27-41(43)40-26-33-14-7-9-16-35(33)28-42(40)47(51)53-6/h7-10,14-17,26-29,31-32,37-39,44-46H,11-13,18-25,30H2,1-6H3/t32-,37+,38-,39+,44-,45+,46+,49+,50-/m1/s1. The summed E-state index contributed by atoms with van der Waals surface area (Å²) in [7, 11) is 1.41. The quantitative estimate of drug-likeness (QED) is 0.161. The Bertz CT molecular complexity index is 2030. The third-order valence-corrected chi connectivity index (χ3v) is 15.8. The Morgan fingerprint density at radius 2 is 1.26 bits per heavy atom. The molecule has 9 atom stereocenters. The van der Waals surface area contributed by atoms with Crippen molar-refractivity contribution in [3.05, 3.63) is 83.9 Å². The van der Waals surface area contributed by atoms with Crippen LogP contribution in [0.15, 0.2) is 72.8 Å². The summed E-state index contributed by atoms with van der Waals surface area (Å²) in [5.74, 6) is 4.91. The fourth-order valence-electron chi connectivity index (χ4n) is 12.9. The van der Waals surface area contributed by atoms with Crippen molar-refractivity contribution in [2.24, 2.45) is 52.3 Å². The monoisotopic (exact) mass is 726 g/mol. The number of rotatable bonds is 9. The summed E-state index contributed by atoms with van der Waals surface area (Å²) in [6, 6.07) is 24.0. The summed E-state index contributed by atoms with van der Waals surface area (Å²) in [4.78, 5) is 27.7. The van der Waals surface area contributed by atoms with E-state index in [1.165, 1.54) is 64.9 Å². The van der Waals surface area contributed by atoms with Gasteiger partial charge in [-0.2, -0.15) is 0 Å². The van der Waals surface area contributed by atoms with Crippen molar-refractivity contribution in [1.29, 1.82) is 0 Å². The van der Waals surface area contributed by atoms with Crippen LogP contribution in [0.5, 0.6) is 0 Å². The van der Waals surface area contributed by atoms with Gasteiger partial charge >= 0.3 is 11.9 Å². The number of carbonyl (C=O) groups excluding carboxylic acids is 2. The molecule has 0 heterocycles. The SMILES string of the molecule is COC(=O)c1cc2ccccc2cc1-c1cc2ccccc2cc1C(=O)O[C@@H]1CC[C@@]2(C)[C@@H](CC[C@@H]3[C@@H]2CC[C@]2(C)[C@@H]([C@H](C)CCCC(C)C)CC[C@@H]32)C1. The van der Waals surface area contributed by atoms with E-state index in [-0.39, 0.29) is 12.1 Å². The summed E-state index contributed by atoms with van der Waals surface area (Å²) < 4.78 is 11.8. The van der Waals surface area contributed by atoms with Crippen LogP contribution in [0.1, 0.15) is 132 Å². The van der Waals surface area contributed by atoms with Gasteiger partial charge in [0.05, 0.1) is 18.2 Å². The first-order valence-corrected chi connectivity index (χ1v) is 21.4. The van der Waals surface area contributed by atoms with Gasteiger partial charge in [0.1, 0.15) is 6.10 Å². The molecule has 0 radical (unpaired) electrons. The molecule has 0 N–H and O–H groups in total. The molecule has 4 aromatic carbocycles. The zero-order valence-corrected chi connectivity index (χ0v) is 33.7. The van der Waals surface area contributed by atoms with E-state index >= 15 is 0 Å². The number of fused-ring (bicyclic) bond motifs is 7. The normalized spacial score (nSPS) is 31.1. The lowest BCUT2D eigenvalue weighted by Gasteiger charge is -2.61. The summed E-state index contributed by atoms with van der Waals surface area (Å²) in [5.41, 5.74) is 3.18. The second kappa shape index (κ2) is 14.8. The van der Waals surface area contributed by atoms with Crippen LogP contribution in [0.2, 0.25) is 0 Å². The van der Waals surface area contributed by atoms with Crippen LogP contribution in [-0.4, -0.2) is 25.2 Å². The lowest BCUT2D eigenvalue weighted by Crippen LogP contribution is -2.54. The number of hydrogen-bond acceptors (Lipinski definition) is 4. The van der Waals surface area contributed by atoms with E-state index in [0.29, 0.717) is 39.0 Å². The Morgan fingerprint density at radius 3 is 1.87 bits per heavy atom. The maximum Gasteiger partial charge on any atom is 0.339 e. The smallest absolute Gasteiger partial charge is 0.339 e. The molecule has 54 heavy (non-hydrogen) atoms. The molecule has 286 valence electrons. The van der Waals surface area contributed by atoms with Gasteiger partial charge in [0, 0.05) is 0 Å². The van der Waals surface area contributed by atoms with E-state index in [1.54, 1.807) is 0 Å². The van der Waals surface area contributed by atoms with Crippen molar-refractivity contribution in [1.82, 2.24) is 0 Å². The van der Waals surface area contributed by atoms with Crippen molar-refractivity contribution in [2.45, 2.75) is 118 Å². The molecule has 4 saturated carbocycles. The van der Waals surface area contributed by atoms with Gasteiger partial charge < -0.3 is 9.47 Å². The highest BCUT2D eigenvalue weighted by Gasteiger charge is 2.60. The zero-order valence-electron chi connectivity index (χ0n) is 33.7. The number of hydrogen-bond donors (Lipinski definition) is 0. The molecule has 0 aromatic heterocycles. The number of esters is 2. The molecule has 0 aliphatic heterocycles. The van der Waals surface area contributed by atoms with E-state index in [9.17, 15) is 9.59 Å². The van der Waals surface area contributed by atoms with Crippen LogP contribution in [0.3, 0.4) is 0 Å². The average molecular weight is 727 g/mol. The largest absolute Gasteiger partial charge is 0.465 e. The summed E-state index contributed by atoms with van der Waals surface area (Å²) in [6.45, 7) is 12.6. The second-order valence-electron chi connectivity index (χ2n) is 19.0. The van der Waals surface area contributed by atoms with Crippen molar-refractivity contribution in [3.63, 3.8) is 0 Å². The lowest BCUT2D eigenvalue weighted by atomic mass is 9.44. The van der Waals surface area contributed by atoms with Crippen molar-refractivity contribution in [3.8, 4) is 11.1 Å². The van der Waals surface area contributed by atoms with Crippen molar-refractivity contribution < 1.29 is 19.1 Å². The third-order valence-electron chi connectivity index (χ3n) is 15.8. The Labute approximate surface area is 323 Å². The van der Waals surface area contributed by atoms with Crippen LogP contribution in [0.25, 0.3) is 32.7 Å². The average Bonchev–Trinajstić information content (AvgIpc) is 3.53. The highest BCUT2D eigenvalue weighted by molar-refractivity contribution is 6.09. The van der Waals surface area contributed by atoms with Crippen LogP contribution in [-0.2, 0) is 9.47 Å². The van der Waals surface area contributed by atoms with Gasteiger partial charge in [0.25, 0.3) is 0 Å². The number of benzene rings is 4. The van der Waals surface area contributed by atoms with E-state index in [1.807, 2.05) is 66.7 Å². The van der Waals surface area contributed by atoms with E-state index in [4.69, 9.17) is 9.47 Å². The minimum atomic E-state index is -0.419. The van der Waals surface area contributed by atoms with Gasteiger partial charge in [-0.25, -0.2) is 9.59 Å². The summed E-state index contributed by atoms with van der Waals surface area (Å²) in [6.07, 6.45) is 15.3. The highest BCUT2D eigenvalue weighted by atomic mass is 16.5. The van der Waals surface area contributed by atoms with E-state index < -0.39 is 5.97 Å². The van der Waals surface area contributed by atoms with E-state index in [2.05, 4.69) is 40.7 Å². The predicted molar refractivity (Wildman–Crippen MR) is 221 cm³/mol. The number of methoxy groups -OCH3 is 1. The summed E-state index contributed by atoms with van der Waals surface area (Å²) >= 11 is 0. The first-order chi connectivity index (χ1) is 26.0. The molecule has 0 spiro atoms. The van der Waals surface area contributed by atoms with Gasteiger partial charge in [-0.3, -0.25) is 0 Å². The van der Waals surface area contributed by atoms with Gasteiger partial charge in [0.15, 0.2) is 0 Å². The van der Waals surface area contributed by atoms with Gasteiger partial charge in [0.2, 0.25) is 0 Å². The highest BCUT2D eigenvalue weighted by Crippen LogP contribution is 2.68. The molecule has 0 bridgehead atoms. The first-order valence-electron chi connectivity index (χ1n) is 21.4. The second-order valence-corrected chi connectivity index (χ2v) is 19.0. The van der Waals surface area contributed by atoms with Gasteiger partial charge in [-0.05, 0) is 167 Å². The minimum Gasteiger partial charge on any atom is -0.465 e. The third kappa shape index (κ3) is 6.58. The fraction of sp³-hybridized carbons (Fsp3) is 0.560. The molecule has 0 saturated heterocycles. The Morgan fingerprint density at radius 1 is 0.685 bits per heavy atom. The van der Waals surface area contributed by atoms with Crippen LogP contribution < -0.4 is 0 Å². The lowest BCUT2D eigenvalue weighted by molar-refractivity contribution is -0.130. The molecule has 4 heteroatoms. The minimum absolute atomic E-state index is 0.0977. The molecule has 4 fully saturated rings. The molecule has 4 aliphatic rings. The summed E-state index contributed by atoms with van der Waals surface area (Å²) in [5, 5.41) is 3.94. The van der Waals surface area contributed by atoms with Gasteiger partial charge in [-0.1, -0.05) is 102 Å². The molecular weight excluding hydrogens is 665 g/mol. The maximum absolute atomic E-state index is 14.4.